The third-order valence-corrected chi connectivity index (χ3v) is 10.9. The van der Waals surface area contributed by atoms with E-state index in [0.717, 1.165) is 65.7 Å². The molecule has 0 bridgehead atoms. The van der Waals surface area contributed by atoms with E-state index in [0.29, 0.717) is 56.5 Å². The van der Waals surface area contributed by atoms with Crippen LogP contribution in [0.3, 0.4) is 0 Å². The Morgan fingerprint density at radius 1 is 0.915 bits per heavy atom. The number of hydrogen-bond donors (Lipinski definition) is 5. The fraction of sp³-hybridized carbons (Fsp3) is 0.362. The van der Waals surface area contributed by atoms with E-state index in [9.17, 15) is 24.3 Å². The number of rotatable bonds is 18. The number of piperidine rings is 1. The van der Waals surface area contributed by atoms with Crippen molar-refractivity contribution in [3.8, 4) is 16.9 Å². The third-order valence-electron chi connectivity index (χ3n) is 10.9. The molecular weight excluding hydrogens is 745 g/mol. The molecule has 0 radical (unpaired) electrons. The number of phenolic OH excluding ortho intramolecular Hbond substituents is 1. The molecule has 310 valence electrons. The Hall–Kier alpha value is -5.98. The summed E-state index contributed by atoms with van der Waals surface area (Å²) in [6, 6.07) is 32.6. The van der Waals surface area contributed by atoms with E-state index in [1.54, 1.807) is 24.1 Å². The van der Waals surface area contributed by atoms with Gasteiger partial charge in [0.05, 0.1) is 17.6 Å². The summed E-state index contributed by atoms with van der Waals surface area (Å²) in [6.07, 6.45) is 3.70. The Bertz CT molecular complexity index is 2240. The molecule has 12 heteroatoms. The highest BCUT2D eigenvalue weighted by Crippen LogP contribution is 2.28. The Morgan fingerprint density at radius 2 is 1.68 bits per heavy atom. The quantitative estimate of drug-likeness (QED) is 0.0650. The Balaban J connectivity index is 0.822. The molecule has 3 amide bonds. The van der Waals surface area contributed by atoms with Gasteiger partial charge in [-0.25, -0.2) is 4.79 Å². The summed E-state index contributed by atoms with van der Waals surface area (Å²) in [5, 5.41) is 20.5. The fourth-order valence-corrected chi connectivity index (χ4v) is 7.62. The molecule has 1 saturated heterocycles. The average molecular weight is 801 g/mol. The van der Waals surface area contributed by atoms with Crippen molar-refractivity contribution in [2.24, 2.45) is 0 Å². The van der Waals surface area contributed by atoms with Gasteiger partial charge in [0.15, 0.2) is 0 Å². The number of aromatic nitrogens is 1. The van der Waals surface area contributed by atoms with Crippen LogP contribution in [0.4, 0.5) is 10.5 Å². The maximum atomic E-state index is 12.9. The number of hydrogen-bond acceptors (Lipinski definition) is 8. The van der Waals surface area contributed by atoms with Crippen molar-refractivity contribution in [3.63, 3.8) is 0 Å². The minimum atomic E-state index is -0.458. The summed E-state index contributed by atoms with van der Waals surface area (Å²) in [7, 11) is 1.80. The number of fused-ring (bicyclic) bond motifs is 1. The number of carbonyl (C=O) groups excluding carboxylic acids is 3. The van der Waals surface area contributed by atoms with Crippen molar-refractivity contribution in [2.75, 3.05) is 51.6 Å². The lowest BCUT2D eigenvalue weighted by atomic mass is 10.0. The van der Waals surface area contributed by atoms with Gasteiger partial charge in [0, 0.05) is 69.3 Å². The number of aromatic amines is 1. The number of likely N-dealkylation sites (tertiary alicyclic amines) is 1. The second kappa shape index (κ2) is 21.1. The highest BCUT2D eigenvalue weighted by Gasteiger charge is 2.23. The Morgan fingerprint density at radius 3 is 2.49 bits per heavy atom. The number of benzene rings is 4. The highest BCUT2D eigenvalue weighted by molar-refractivity contribution is 5.91. The fourth-order valence-electron chi connectivity index (χ4n) is 7.62. The number of aromatic hydroxyl groups is 1. The van der Waals surface area contributed by atoms with Crippen LogP contribution >= 0.6 is 0 Å². The van der Waals surface area contributed by atoms with Gasteiger partial charge in [-0.3, -0.25) is 19.7 Å². The molecule has 0 unspecified atom stereocenters. The van der Waals surface area contributed by atoms with Gasteiger partial charge in [-0.1, -0.05) is 78.9 Å². The second-order valence-corrected chi connectivity index (χ2v) is 15.4. The van der Waals surface area contributed by atoms with Crippen LogP contribution < -0.4 is 21.5 Å². The van der Waals surface area contributed by atoms with Crippen LogP contribution in [0, 0.1) is 0 Å². The number of carbonyl (C=O) groups is 3. The zero-order valence-electron chi connectivity index (χ0n) is 34.0. The molecule has 1 fully saturated rings. The summed E-state index contributed by atoms with van der Waals surface area (Å²) in [6.45, 7) is 6.07. The number of anilines is 1. The van der Waals surface area contributed by atoms with Crippen molar-refractivity contribution < 1.29 is 24.2 Å². The first-order valence-corrected chi connectivity index (χ1v) is 20.6. The Labute approximate surface area is 346 Å². The average Bonchev–Trinajstić information content (AvgIpc) is 3.23. The van der Waals surface area contributed by atoms with Crippen LogP contribution in [0.25, 0.3) is 22.0 Å². The molecule has 5 N–H and O–H groups in total. The van der Waals surface area contributed by atoms with E-state index < -0.39 is 6.09 Å². The number of amides is 3. The SMILES string of the molecule is C[C@@H](Cc1cccc(CC(=O)NCCCN(C)C(=O)CCN2CCC(OC(=O)Nc3ccccc3-c3ccccc3)CC2)c1)NCCc1ccc(O)c2[nH]c(=O)ccc12. The number of para-hydroxylation sites is 1. The van der Waals surface area contributed by atoms with Gasteiger partial charge >= 0.3 is 6.09 Å². The van der Waals surface area contributed by atoms with Crippen molar-refractivity contribution in [2.45, 2.75) is 64.0 Å². The van der Waals surface area contributed by atoms with E-state index in [1.807, 2.05) is 72.8 Å². The lowest BCUT2D eigenvalue weighted by molar-refractivity contribution is -0.130. The normalized spacial score (nSPS) is 13.8. The van der Waals surface area contributed by atoms with E-state index >= 15 is 0 Å². The van der Waals surface area contributed by atoms with Crippen LogP contribution in [0.5, 0.6) is 5.75 Å². The van der Waals surface area contributed by atoms with E-state index in [2.05, 4.69) is 44.9 Å². The summed E-state index contributed by atoms with van der Waals surface area (Å²) in [5.41, 5.74) is 6.01. The maximum absolute atomic E-state index is 12.9. The van der Waals surface area contributed by atoms with Crippen LogP contribution in [0.15, 0.2) is 108 Å². The summed E-state index contributed by atoms with van der Waals surface area (Å²) >= 11 is 0. The summed E-state index contributed by atoms with van der Waals surface area (Å²) in [4.78, 5) is 56.8. The first kappa shape index (κ1) is 42.6. The minimum Gasteiger partial charge on any atom is -0.506 e. The molecule has 1 atom stereocenters. The summed E-state index contributed by atoms with van der Waals surface area (Å²) < 4.78 is 5.76. The predicted molar refractivity (Wildman–Crippen MR) is 233 cm³/mol. The van der Waals surface area contributed by atoms with Gasteiger partial charge in [-0.2, -0.15) is 0 Å². The molecule has 4 aromatic carbocycles. The topological polar surface area (TPSA) is 156 Å². The predicted octanol–water partition coefficient (Wildman–Crippen LogP) is 6.27. The molecule has 1 aromatic heterocycles. The molecule has 6 rings (SSSR count). The molecule has 0 aliphatic carbocycles. The monoisotopic (exact) mass is 800 g/mol. The molecule has 0 saturated carbocycles. The molecule has 1 aliphatic heterocycles. The zero-order chi connectivity index (χ0) is 41.6. The molecular formula is C47H56N6O6. The van der Waals surface area contributed by atoms with Crippen LogP contribution in [0.2, 0.25) is 0 Å². The number of phenols is 1. The molecule has 5 aromatic rings. The van der Waals surface area contributed by atoms with Gasteiger partial charge in [-0.05, 0) is 86.0 Å². The first-order chi connectivity index (χ1) is 28.6. The molecule has 2 heterocycles. The van der Waals surface area contributed by atoms with Crippen molar-refractivity contribution >= 4 is 34.5 Å². The number of pyridine rings is 1. The molecule has 0 spiro atoms. The number of ether oxygens (including phenoxy) is 1. The smallest absolute Gasteiger partial charge is 0.411 e. The number of nitrogens with zero attached hydrogens (tertiary/aromatic N) is 2. The van der Waals surface area contributed by atoms with Crippen molar-refractivity contribution in [1.82, 2.24) is 25.4 Å². The summed E-state index contributed by atoms with van der Waals surface area (Å²) in [5.74, 6) is 0.0793. The van der Waals surface area contributed by atoms with Crippen molar-refractivity contribution in [1.29, 1.82) is 0 Å². The van der Waals surface area contributed by atoms with Gasteiger partial charge < -0.3 is 35.3 Å². The van der Waals surface area contributed by atoms with Crippen LogP contribution in [0.1, 0.15) is 49.3 Å². The van der Waals surface area contributed by atoms with E-state index in [4.69, 9.17) is 4.74 Å². The van der Waals surface area contributed by atoms with Gasteiger partial charge in [-0.15, -0.1) is 0 Å². The molecule has 1 aliphatic rings. The molecule has 12 nitrogen and oxygen atoms in total. The van der Waals surface area contributed by atoms with Crippen molar-refractivity contribution in [3.05, 3.63) is 130 Å². The lowest BCUT2D eigenvalue weighted by Gasteiger charge is -2.31. The van der Waals surface area contributed by atoms with Gasteiger partial charge in [0.2, 0.25) is 17.4 Å². The Kier molecular flexibility index (Phi) is 15.3. The first-order valence-electron chi connectivity index (χ1n) is 20.6. The van der Waals surface area contributed by atoms with Crippen LogP contribution in [-0.2, 0) is 33.6 Å². The second-order valence-electron chi connectivity index (χ2n) is 15.4. The van der Waals surface area contributed by atoms with Crippen LogP contribution in [-0.4, -0.2) is 96.3 Å². The van der Waals surface area contributed by atoms with E-state index in [1.165, 1.54) is 6.07 Å². The van der Waals surface area contributed by atoms with E-state index in [-0.39, 0.29) is 41.7 Å². The zero-order valence-corrected chi connectivity index (χ0v) is 34.0. The molecule has 59 heavy (non-hydrogen) atoms. The highest BCUT2D eigenvalue weighted by atomic mass is 16.6. The number of nitrogens with one attached hydrogen (secondary N) is 4. The van der Waals surface area contributed by atoms with Gasteiger partial charge in [0.1, 0.15) is 11.9 Å². The van der Waals surface area contributed by atoms with Gasteiger partial charge in [0.25, 0.3) is 0 Å². The standard InChI is InChI=1S/C47H56N6O6/c1-33(48-25-20-37-16-18-42(54)46-40(37)17-19-43(55)51-46)30-34-10-8-11-35(31-34)32-44(56)49-24-9-26-52(2)45(57)23-29-53-27-21-38(22-28-53)59-47(58)50-41-15-7-6-14-39(41)36-12-4-3-5-13-36/h3-8,10-19,31,33,38,48,54H,9,20-30,32H2,1-2H3,(H,49,56)(H,50,58)(H,51,55)/t33-/m0/s1. The maximum Gasteiger partial charge on any atom is 0.411 e. The minimum absolute atomic E-state index is 0.0494. The number of H-pyrrole nitrogens is 1. The third kappa shape index (κ3) is 12.8. The lowest BCUT2D eigenvalue weighted by Crippen LogP contribution is -2.40. The largest absolute Gasteiger partial charge is 0.506 e.